The van der Waals surface area contributed by atoms with Crippen molar-refractivity contribution in [2.75, 3.05) is 32.8 Å². The van der Waals surface area contributed by atoms with Gasteiger partial charge in [-0.1, -0.05) is 0 Å². The number of hydrogen-bond acceptors (Lipinski definition) is 3. The quantitative estimate of drug-likeness (QED) is 0.684. The van der Waals surface area contributed by atoms with Gasteiger partial charge in [0, 0.05) is 19.6 Å². The fraction of sp³-hybridized carbons (Fsp3) is 0.923. The van der Waals surface area contributed by atoms with Gasteiger partial charge in [-0.15, -0.1) is 0 Å². The first-order valence-corrected chi connectivity index (χ1v) is 6.99. The summed E-state index contributed by atoms with van der Waals surface area (Å²) in [4.78, 5) is 16.9. The van der Waals surface area contributed by atoms with Gasteiger partial charge in [0.15, 0.2) is 0 Å². The van der Waals surface area contributed by atoms with E-state index >= 15 is 0 Å². The summed E-state index contributed by atoms with van der Waals surface area (Å²) in [6.07, 6.45) is 6.27. The van der Waals surface area contributed by atoms with E-state index in [9.17, 15) is 4.79 Å². The van der Waals surface area contributed by atoms with Crippen LogP contribution in [0.1, 0.15) is 32.1 Å². The number of rotatable bonds is 3. The molecule has 3 saturated heterocycles. The molecule has 3 rings (SSSR count). The van der Waals surface area contributed by atoms with Crippen LogP contribution < -0.4 is 0 Å². The van der Waals surface area contributed by atoms with E-state index < -0.39 is 0 Å². The topological polar surface area (TPSA) is 36.1 Å². The van der Waals surface area contributed by atoms with Gasteiger partial charge in [-0.25, -0.2) is 0 Å². The van der Waals surface area contributed by atoms with Crippen LogP contribution in [0.3, 0.4) is 0 Å². The molecule has 3 heterocycles. The number of ether oxygens (including phenoxy) is 1. The van der Waals surface area contributed by atoms with Crippen molar-refractivity contribution in [1.82, 2.24) is 9.80 Å². The van der Waals surface area contributed by atoms with E-state index in [1.165, 1.54) is 19.3 Å². The van der Waals surface area contributed by atoms with Crippen LogP contribution in [0, 0.1) is 0 Å². The molecule has 0 aromatic rings. The van der Waals surface area contributed by atoms with Crippen LogP contribution in [0.5, 0.6) is 0 Å². The lowest BCUT2D eigenvalue weighted by atomic mass is 10.1. The van der Waals surface area contributed by atoms with Crippen LogP contribution in [0.15, 0.2) is 0 Å². The average Bonchev–Trinajstić information content (AvgIpc) is 3.06. The molecule has 3 aliphatic heterocycles. The van der Waals surface area contributed by atoms with Gasteiger partial charge in [-0.2, -0.15) is 0 Å². The van der Waals surface area contributed by atoms with Crippen LogP contribution >= 0.6 is 0 Å². The summed E-state index contributed by atoms with van der Waals surface area (Å²) in [5, 5.41) is 0. The predicted molar refractivity (Wildman–Crippen MR) is 64.8 cm³/mol. The van der Waals surface area contributed by atoms with Crippen LogP contribution in [-0.4, -0.2) is 60.6 Å². The first kappa shape index (κ1) is 11.5. The fourth-order valence-corrected chi connectivity index (χ4v) is 3.08. The zero-order chi connectivity index (χ0) is 11.7. The van der Waals surface area contributed by atoms with Gasteiger partial charge < -0.3 is 9.64 Å². The highest BCUT2D eigenvalue weighted by molar-refractivity contribution is 5.82. The molecular formula is C13H22N2O2. The Bertz CT molecular complexity index is 285. The molecule has 3 fully saturated rings. The highest BCUT2D eigenvalue weighted by Crippen LogP contribution is 2.23. The van der Waals surface area contributed by atoms with Crippen LogP contribution in [-0.2, 0) is 9.53 Å². The van der Waals surface area contributed by atoms with Crippen molar-refractivity contribution in [1.29, 1.82) is 0 Å². The first-order chi connectivity index (χ1) is 8.34. The molecular weight excluding hydrogens is 216 g/mol. The average molecular weight is 238 g/mol. The Balaban J connectivity index is 1.58. The summed E-state index contributed by atoms with van der Waals surface area (Å²) < 4.78 is 5.28. The molecule has 0 spiro atoms. The van der Waals surface area contributed by atoms with Gasteiger partial charge in [0.1, 0.15) is 0 Å². The minimum Gasteiger partial charge on any atom is -0.372 e. The number of piperidine rings is 1. The normalized spacial score (nSPS) is 34.0. The summed E-state index contributed by atoms with van der Waals surface area (Å²) in [6.45, 7) is 4.88. The molecule has 0 aliphatic carbocycles. The third-order valence-corrected chi connectivity index (χ3v) is 4.16. The number of likely N-dealkylation sites (tertiary alicyclic amines) is 2. The maximum atomic E-state index is 12.5. The Kier molecular flexibility index (Phi) is 3.34. The summed E-state index contributed by atoms with van der Waals surface area (Å²) in [5.41, 5.74) is 0. The Morgan fingerprint density at radius 3 is 2.59 bits per heavy atom. The molecule has 2 atom stereocenters. The minimum absolute atomic E-state index is 0.150. The second kappa shape index (κ2) is 4.94. The highest BCUT2D eigenvalue weighted by Gasteiger charge is 2.37. The fourth-order valence-electron chi connectivity index (χ4n) is 3.08. The molecule has 0 unspecified atom stereocenters. The summed E-state index contributed by atoms with van der Waals surface area (Å²) in [5.74, 6) is 0.378. The van der Waals surface area contributed by atoms with Crippen molar-refractivity contribution in [2.24, 2.45) is 0 Å². The Hall–Kier alpha value is -0.610. The SMILES string of the molecule is O=C([C@H]1CCCN1C[C@@H]1CO1)N1CCCCC1. The molecule has 17 heavy (non-hydrogen) atoms. The lowest BCUT2D eigenvalue weighted by Crippen LogP contribution is -2.48. The number of carbonyl (C=O) groups is 1. The Morgan fingerprint density at radius 1 is 1.12 bits per heavy atom. The molecule has 0 N–H and O–H groups in total. The lowest BCUT2D eigenvalue weighted by Gasteiger charge is -2.32. The van der Waals surface area contributed by atoms with Crippen molar-refractivity contribution < 1.29 is 9.53 Å². The van der Waals surface area contributed by atoms with E-state index in [0.29, 0.717) is 12.0 Å². The minimum atomic E-state index is 0.150. The van der Waals surface area contributed by atoms with Crippen molar-refractivity contribution in [3.05, 3.63) is 0 Å². The van der Waals surface area contributed by atoms with Gasteiger partial charge in [0.25, 0.3) is 0 Å². The third kappa shape index (κ3) is 2.63. The first-order valence-electron chi connectivity index (χ1n) is 6.99. The van der Waals surface area contributed by atoms with Crippen LogP contribution in [0.25, 0.3) is 0 Å². The molecule has 3 aliphatic rings. The summed E-state index contributed by atoms with van der Waals surface area (Å²) in [6, 6.07) is 0.150. The van der Waals surface area contributed by atoms with Gasteiger partial charge >= 0.3 is 0 Å². The molecule has 4 nitrogen and oxygen atoms in total. The van der Waals surface area contributed by atoms with E-state index in [-0.39, 0.29) is 6.04 Å². The number of amides is 1. The standard InChI is InChI=1S/C13H22N2O2/c16-13(14-6-2-1-3-7-14)12-5-4-8-15(12)9-11-10-17-11/h11-12H,1-10H2/t11-,12-/m1/s1. The second-order valence-corrected chi connectivity index (χ2v) is 5.49. The number of hydrogen-bond donors (Lipinski definition) is 0. The van der Waals surface area contributed by atoms with E-state index in [0.717, 1.165) is 45.6 Å². The highest BCUT2D eigenvalue weighted by atomic mass is 16.6. The van der Waals surface area contributed by atoms with Gasteiger partial charge in [0.05, 0.1) is 18.8 Å². The molecule has 0 aromatic carbocycles. The van der Waals surface area contributed by atoms with E-state index in [1.54, 1.807) is 0 Å². The summed E-state index contributed by atoms with van der Waals surface area (Å²) in [7, 11) is 0. The van der Waals surface area contributed by atoms with Crippen molar-refractivity contribution in [2.45, 2.75) is 44.2 Å². The molecule has 96 valence electrons. The predicted octanol–water partition coefficient (Wildman–Crippen LogP) is 0.862. The van der Waals surface area contributed by atoms with Crippen LogP contribution in [0.4, 0.5) is 0 Å². The number of epoxide rings is 1. The maximum Gasteiger partial charge on any atom is 0.239 e. The second-order valence-electron chi connectivity index (χ2n) is 5.49. The van der Waals surface area contributed by atoms with E-state index in [1.807, 2.05) is 0 Å². The van der Waals surface area contributed by atoms with E-state index in [4.69, 9.17) is 4.74 Å². The zero-order valence-electron chi connectivity index (χ0n) is 10.4. The van der Waals surface area contributed by atoms with Crippen molar-refractivity contribution >= 4 is 5.91 Å². The van der Waals surface area contributed by atoms with Gasteiger partial charge in [-0.05, 0) is 38.6 Å². The summed E-state index contributed by atoms with van der Waals surface area (Å²) >= 11 is 0. The molecule has 1 amide bonds. The largest absolute Gasteiger partial charge is 0.372 e. The molecule has 0 saturated carbocycles. The van der Waals surface area contributed by atoms with Gasteiger partial charge in [0.2, 0.25) is 5.91 Å². The Labute approximate surface area is 103 Å². The van der Waals surface area contributed by atoms with Crippen LogP contribution in [0.2, 0.25) is 0 Å². The molecule has 4 heteroatoms. The smallest absolute Gasteiger partial charge is 0.239 e. The number of carbonyl (C=O) groups excluding carboxylic acids is 1. The number of nitrogens with zero attached hydrogens (tertiary/aromatic N) is 2. The maximum absolute atomic E-state index is 12.5. The van der Waals surface area contributed by atoms with E-state index in [2.05, 4.69) is 9.80 Å². The molecule has 0 bridgehead atoms. The molecule has 0 aromatic heterocycles. The monoisotopic (exact) mass is 238 g/mol. The molecule has 0 radical (unpaired) electrons. The van der Waals surface area contributed by atoms with Crippen molar-refractivity contribution in [3.63, 3.8) is 0 Å². The van der Waals surface area contributed by atoms with Crippen molar-refractivity contribution in [3.8, 4) is 0 Å². The third-order valence-electron chi connectivity index (χ3n) is 4.16. The van der Waals surface area contributed by atoms with Gasteiger partial charge in [-0.3, -0.25) is 9.69 Å². The zero-order valence-corrected chi connectivity index (χ0v) is 10.4. The Morgan fingerprint density at radius 2 is 1.88 bits per heavy atom. The lowest BCUT2D eigenvalue weighted by molar-refractivity contribution is -0.136.